The van der Waals surface area contributed by atoms with E-state index in [9.17, 15) is 4.79 Å². The summed E-state index contributed by atoms with van der Waals surface area (Å²) in [6.07, 6.45) is 2.50. The first-order valence-corrected chi connectivity index (χ1v) is 11.0. The molecule has 4 rings (SSSR count). The largest absolute Gasteiger partial charge is 0.372 e. The van der Waals surface area contributed by atoms with Gasteiger partial charge in [-0.25, -0.2) is 5.43 Å². The molecule has 158 valence electrons. The summed E-state index contributed by atoms with van der Waals surface area (Å²) in [6.45, 7) is 6.26. The highest BCUT2D eigenvalue weighted by Crippen LogP contribution is 2.58. The van der Waals surface area contributed by atoms with Crippen molar-refractivity contribution in [2.45, 2.75) is 25.7 Å². The molecule has 1 aliphatic rings. The van der Waals surface area contributed by atoms with Crippen molar-refractivity contribution in [2.24, 2.45) is 11.0 Å². The summed E-state index contributed by atoms with van der Waals surface area (Å²) in [5.74, 6) is -0.164. The van der Waals surface area contributed by atoms with E-state index in [0.29, 0.717) is 0 Å². The number of benzene rings is 3. The van der Waals surface area contributed by atoms with Crippen LogP contribution in [0.25, 0.3) is 0 Å². The van der Waals surface area contributed by atoms with Gasteiger partial charge in [0, 0.05) is 24.2 Å². The maximum absolute atomic E-state index is 12.9. The molecule has 4 nitrogen and oxygen atoms in total. The minimum Gasteiger partial charge on any atom is -0.372 e. The zero-order chi connectivity index (χ0) is 21.7. The molecule has 1 N–H and O–H groups in total. The summed E-state index contributed by atoms with van der Waals surface area (Å²) in [5, 5.41) is 4.23. The fourth-order valence-electron chi connectivity index (χ4n) is 4.46. The lowest BCUT2D eigenvalue weighted by molar-refractivity contribution is -0.122. The quantitative estimate of drug-likeness (QED) is 0.419. The van der Waals surface area contributed by atoms with Crippen molar-refractivity contribution in [1.29, 1.82) is 0 Å². The molecule has 1 amide bonds. The van der Waals surface area contributed by atoms with E-state index in [0.717, 1.165) is 25.1 Å². The van der Waals surface area contributed by atoms with Gasteiger partial charge in [0.15, 0.2) is 0 Å². The second-order valence-electron chi connectivity index (χ2n) is 7.96. The third-order valence-electron chi connectivity index (χ3n) is 6.27. The van der Waals surface area contributed by atoms with E-state index in [1.165, 1.54) is 16.8 Å². The molecular formula is C27H29N3O. The Labute approximate surface area is 184 Å². The van der Waals surface area contributed by atoms with Gasteiger partial charge in [0.1, 0.15) is 0 Å². The SMILES string of the molecule is CCN(CC)c1ccc(/C=N/NC(=O)C2CC2(c2ccccc2)c2ccccc2)cc1. The van der Waals surface area contributed by atoms with Gasteiger partial charge in [-0.05, 0) is 49.1 Å². The molecule has 3 aromatic carbocycles. The van der Waals surface area contributed by atoms with Crippen LogP contribution in [0, 0.1) is 5.92 Å². The second-order valence-corrected chi connectivity index (χ2v) is 7.96. The van der Waals surface area contributed by atoms with Gasteiger partial charge in [0.05, 0.1) is 12.1 Å². The van der Waals surface area contributed by atoms with Crippen LogP contribution in [0.15, 0.2) is 90.0 Å². The number of nitrogens with zero attached hydrogens (tertiary/aromatic N) is 2. The summed E-state index contributed by atoms with van der Waals surface area (Å²) in [4.78, 5) is 15.2. The van der Waals surface area contributed by atoms with Crippen LogP contribution < -0.4 is 10.3 Å². The van der Waals surface area contributed by atoms with Gasteiger partial charge in [-0.3, -0.25) is 4.79 Å². The first-order valence-electron chi connectivity index (χ1n) is 11.0. The number of amides is 1. The smallest absolute Gasteiger partial charge is 0.244 e. The molecule has 1 saturated carbocycles. The maximum Gasteiger partial charge on any atom is 0.244 e. The number of carbonyl (C=O) groups excluding carboxylic acids is 1. The van der Waals surface area contributed by atoms with Crippen LogP contribution in [0.2, 0.25) is 0 Å². The average molecular weight is 412 g/mol. The van der Waals surface area contributed by atoms with E-state index in [2.05, 4.69) is 65.7 Å². The first kappa shape index (κ1) is 20.9. The van der Waals surface area contributed by atoms with Gasteiger partial charge >= 0.3 is 0 Å². The van der Waals surface area contributed by atoms with Crippen molar-refractivity contribution in [2.75, 3.05) is 18.0 Å². The van der Waals surface area contributed by atoms with Crippen LogP contribution in [0.3, 0.4) is 0 Å². The number of hydrogen-bond acceptors (Lipinski definition) is 3. The number of nitrogens with one attached hydrogen (secondary N) is 1. The van der Waals surface area contributed by atoms with Crippen LogP contribution in [0.5, 0.6) is 0 Å². The van der Waals surface area contributed by atoms with Crippen LogP contribution in [-0.4, -0.2) is 25.2 Å². The Morgan fingerprint density at radius 2 is 1.48 bits per heavy atom. The average Bonchev–Trinajstić information content (AvgIpc) is 3.59. The monoisotopic (exact) mass is 411 g/mol. The van der Waals surface area contributed by atoms with E-state index in [1.807, 2.05) is 48.5 Å². The lowest BCUT2D eigenvalue weighted by Crippen LogP contribution is -2.25. The molecule has 3 aromatic rings. The third-order valence-corrected chi connectivity index (χ3v) is 6.27. The molecule has 1 fully saturated rings. The molecule has 0 spiro atoms. The summed E-state index contributed by atoms with van der Waals surface area (Å²) >= 11 is 0. The van der Waals surface area contributed by atoms with Gasteiger partial charge < -0.3 is 4.90 Å². The van der Waals surface area contributed by atoms with Crippen molar-refractivity contribution in [3.63, 3.8) is 0 Å². The maximum atomic E-state index is 12.9. The van der Waals surface area contributed by atoms with E-state index in [-0.39, 0.29) is 17.2 Å². The standard InChI is InChI=1S/C27H29N3O/c1-3-30(4-2)24-17-15-21(16-18-24)20-28-29-26(31)25-19-27(25,22-11-7-5-8-12-22)23-13-9-6-10-14-23/h5-18,20,25H,3-4,19H2,1-2H3,(H,29,31)/b28-20+. The Kier molecular flexibility index (Phi) is 6.17. The lowest BCUT2D eigenvalue weighted by Gasteiger charge is -2.20. The fraction of sp³-hybridized carbons (Fsp3) is 0.259. The molecule has 1 atom stereocenters. The zero-order valence-electron chi connectivity index (χ0n) is 18.2. The highest BCUT2D eigenvalue weighted by Gasteiger charge is 2.60. The van der Waals surface area contributed by atoms with E-state index >= 15 is 0 Å². The molecule has 31 heavy (non-hydrogen) atoms. The lowest BCUT2D eigenvalue weighted by atomic mass is 9.85. The summed E-state index contributed by atoms with van der Waals surface area (Å²) in [6, 6.07) is 28.8. The summed E-state index contributed by atoms with van der Waals surface area (Å²) < 4.78 is 0. The molecule has 0 heterocycles. The van der Waals surface area contributed by atoms with Crippen LogP contribution in [0.1, 0.15) is 37.0 Å². The molecule has 0 radical (unpaired) electrons. The van der Waals surface area contributed by atoms with Crippen LogP contribution in [0.4, 0.5) is 5.69 Å². The second kappa shape index (κ2) is 9.17. The Balaban J connectivity index is 1.45. The zero-order valence-corrected chi connectivity index (χ0v) is 18.2. The van der Waals surface area contributed by atoms with Crippen LogP contribution in [-0.2, 0) is 10.2 Å². The first-order chi connectivity index (χ1) is 15.2. The Bertz CT molecular complexity index is 986. The predicted octanol–water partition coefficient (Wildman–Crippen LogP) is 4.99. The molecule has 0 aliphatic heterocycles. The third kappa shape index (κ3) is 4.24. The van der Waals surface area contributed by atoms with Crippen molar-refractivity contribution in [1.82, 2.24) is 5.43 Å². The van der Waals surface area contributed by atoms with Crippen LogP contribution >= 0.6 is 0 Å². The minimum atomic E-state index is -0.270. The molecule has 0 bridgehead atoms. The number of carbonyl (C=O) groups is 1. The Morgan fingerprint density at radius 1 is 0.935 bits per heavy atom. The van der Waals surface area contributed by atoms with Gasteiger partial charge in [0.25, 0.3) is 0 Å². The Hall–Kier alpha value is -3.40. The fourth-order valence-corrected chi connectivity index (χ4v) is 4.46. The number of hydrazone groups is 1. The highest BCUT2D eigenvalue weighted by atomic mass is 16.2. The summed E-state index contributed by atoms with van der Waals surface area (Å²) in [7, 11) is 0. The van der Waals surface area contributed by atoms with Crippen molar-refractivity contribution in [3.05, 3.63) is 102 Å². The molecule has 0 saturated heterocycles. The molecule has 4 heteroatoms. The van der Waals surface area contributed by atoms with Crippen molar-refractivity contribution < 1.29 is 4.79 Å². The number of anilines is 1. The van der Waals surface area contributed by atoms with E-state index in [4.69, 9.17) is 0 Å². The predicted molar refractivity (Wildman–Crippen MR) is 128 cm³/mol. The summed E-state index contributed by atoms with van der Waals surface area (Å²) in [5.41, 5.74) is 7.01. The van der Waals surface area contributed by atoms with E-state index < -0.39 is 0 Å². The highest BCUT2D eigenvalue weighted by molar-refractivity contribution is 5.87. The molecule has 1 unspecified atom stereocenters. The van der Waals surface area contributed by atoms with Gasteiger partial charge in [-0.15, -0.1) is 0 Å². The number of rotatable bonds is 8. The van der Waals surface area contributed by atoms with Gasteiger partial charge in [0.2, 0.25) is 5.91 Å². The van der Waals surface area contributed by atoms with Crippen molar-refractivity contribution in [3.8, 4) is 0 Å². The minimum absolute atomic E-state index is 0.0382. The van der Waals surface area contributed by atoms with E-state index in [1.54, 1.807) is 6.21 Å². The van der Waals surface area contributed by atoms with Gasteiger partial charge in [-0.2, -0.15) is 5.10 Å². The number of hydrogen-bond donors (Lipinski definition) is 1. The Morgan fingerprint density at radius 3 is 2.00 bits per heavy atom. The van der Waals surface area contributed by atoms with Crippen molar-refractivity contribution >= 4 is 17.8 Å². The normalized spacial score (nSPS) is 16.8. The topological polar surface area (TPSA) is 44.7 Å². The van der Waals surface area contributed by atoms with Gasteiger partial charge in [-0.1, -0.05) is 72.8 Å². The molecule has 0 aromatic heterocycles. The molecular weight excluding hydrogens is 382 g/mol. The molecule has 1 aliphatic carbocycles.